The molecule has 2 N–H and O–H groups in total. The lowest BCUT2D eigenvalue weighted by atomic mass is 10.1. The summed E-state index contributed by atoms with van der Waals surface area (Å²) >= 11 is 9.09. The number of anilines is 1. The lowest BCUT2D eigenvalue weighted by molar-refractivity contribution is 0.388. The van der Waals surface area contributed by atoms with Gasteiger partial charge in [-0.05, 0) is 34.1 Å². The molecule has 0 aliphatic rings. The van der Waals surface area contributed by atoms with Crippen molar-refractivity contribution in [1.29, 1.82) is 0 Å². The summed E-state index contributed by atoms with van der Waals surface area (Å²) in [6.07, 6.45) is 3.04. The summed E-state index contributed by atoms with van der Waals surface area (Å²) in [6, 6.07) is 2.40. The summed E-state index contributed by atoms with van der Waals surface area (Å²) in [6.45, 7) is 3.50. The maximum absolute atomic E-state index is 13.0. The fourth-order valence-corrected chi connectivity index (χ4v) is 2.14. The Labute approximate surface area is 100 Å². The van der Waals surface area contributed by atoms with Gasteiger partial charge in [0.2, 0.25) is 0 Å². The summed E-state index contributed by atoms with van der Waals surface area (Å²) in [4.78, 5) is 0. The van der Waals surface area contributed by atoms with E-state index < -0.39 is 5.82 Å². The highest BCUT2D eigenvalue weighted by atomic mass is 79.9. The maximum Gasteiger partial charge on any atom is 0.126 e. The molecular formula is C10H8BrClFNO. The number of hydrogen-bond acceptors (Lipinski definition) is 2. The molecule has 0 saturated heterocycles. The predicted molar refractivity (Wildman–Crippen MR) is 63.5 cm³/mol. The van der Waals surface area contributed by atoms with Crippen molar-refractivity contribution in [3.05, 3.63) is 46.7 Å². The molecule has 80 valence electrons. The molecule has 0 bridgehead atoms. The first kappa shape index (κ1) is 12.2. The zero-order chi connectivity index (χ0) is 11.4. The highest BCUT2D eigenvalue weighted by Gasteiger charge is 2.11. The van der Waals surface area contributed by atoms with Crippen LogP contribution in [0.15, 0.2) is 35.3 Å². The zero-order valence-corrected chi connectivity index (χ0v) is 9.94. The molecule has 0 unspecified atom stereocenters. The molecule has 0 radical (unpaired) electrons. The largest absolute Gasteiger partial charge is 0.291 e. The number of halogens is 3. The molecule has 0 atom stereocenters. The quantitative estimate of drug-likeness (QED) is 0.648. The third kappa shape index (κ3) is 2.81. The molecule has 0 heterocycles. The van der Waals surface area contributed by atoms with Gasteiger partial charge in [-0.3, -0.25) is 10.7 Å². The highest BCUT2D eigenvalue weighted by Crippen LogP contribution is 2.34. The molecular weight excluding hydrogens is 284 g/mol. The van der Waals surface area contributed by atoms with Gasteiger partial charge >= 0.3 is 0 Å². The van der Waals surface area contributed by atoms with E-state index in [4.69, 9.17) is 16.8 Å². The van der Waals surface area contributed by atoms with Gasteiger partial charge in [-0.15, -0.1) is 0 Å². The van der Waals surface area contributed by atoms with E-state index in [2.05, 4.69) is 22.5 Å². The van der Waals surface area contributed by atoms with Crippen molar-refractivity contribution in [2.24, 2.45) is 0 Å². The summed E-state index contributed by atoms with van der Waals surface area (Å²) in [5, 5.41) is 9.18. The van der Waals surface area contributed by atoms with E-state index in [1.807, 2.05) is 5.48 Å². The van der Waals surface area contributed by atoms with Crippen LogP contribution in [0.4, 0.5) is 10.1 Å². The van der Waals surface area contributed by atoms with Gasteiger partial charge in [0.15, 0.2) is 0 Å². The molecule has 5 heteroatoms. The number of hydrogen-bond donors (Lipinski definition) is 2. The van der Waals surface area contributed by atoms with E-state index in [1.165, 1.54) is 12.1 Å². The van der Waals surface area contributed by atoms with E-state index >= 15 is 0 Å². The molecule has 1 aromatic rings. The minimum atomic E-state index is -0.481. The van der Waals surface area contributed by atoms with Crippen molar-refractivity contribution >= 4 is 38.3 Å². The van der Waals surface area contributed by atoms with Crippen LogP contribution in [-0.2, 0) is 0 Å². The molecule has 0 aromatic heterocycles. The first-order valence-electron chi connectivity index (χ1n) is 3.98. The number of benzene rings is 1. The van der Waals surface area contributed by atoms with E-state index in [-0.39, 0.29) is 5.69 Å². The predicted octanol–water partition coefficient (Wildman–Crippen LogP) is 4.16. The van der Waals surface area contributed by atoms with Crippen LogP contribution in [0.3, 0.4) is 0 Å². The maximum atomic E-state index is 13.0. The van der Waals surface area contributed by atoms with Crippen LogP contribution in [0.5, 0.6) is 0 Å². The van der Waals surface area contributed by atoms with Crippen molar-refractivity contribution in [3.8, 4) is 0 Å². The summed E-state index contributed by atoms with van der Waals surface area (Å²) < 4.78 is 13.4. The second kappa shape index (κ2) is 5.30. The second-order valence-electron chi connectivity index (χ2n) is 2.67. The van der Waals surface area contributed by atoms with Crippen molar-refractivity contribution in [3.63, 3.8) is 0 Å². The second-order valence-corrected chi connectivity index (χ2v) is 3.93. The average Bonchev–Trinajstić information content (AvgIpc) is 2.16. The van der Waals surface area contributed by atoms with Crippen LogP contribution in [0.1, 0.15) is 5.56 Å². The Bertz CT molecular complexity index is 420. The van der Waals surface area contributed by atoms with E-state index in [0.717, 1.165) is 6.07 Å². The van der Waals surface area contributed by atoms with Crippen molar-refractivity contribution in [2.45, 2.75) is 0 Å². The van der Waals surface area contributed by atoms with Gasteiger partial charge in [0, 0.05) is 10.0 Å². The van der Waals surface area contributed by atoms with Crippen LogP contribution in [0, 0.1) is 5.82 Å². The van der Waals surface area contributed by atoms with Gasteiger partial charge in [-0.2, -0.15) is 0 Å². The Morgan fingerprint density at radius 1 is 1.60 bits per heavy atom. The monoisotopic (exact) mass is 291 g/mol. The third-order valence-corrected chi connectivity index (χ3v) is 2.62. The van der Waals surface area contributed by atoms with Gasteiger partial charge in [-0.1, -0.05) is 24.3 Å². The fraction of sp³-hybridized carbons (Fsp3) is 0. The van der Waals surface area contributed by atoms with Crippen LogP contribution >= 0.6 is 27.5 Å². The SMILES string of the molecule is C=CC=C(Cl)c1c(Br)cc(F)cc1NO. The summed E-state index contributed by atoms with van der Waals surface area (Å²) in [7, 11) is 0. The van der Waals surface area contributed by atoms with Crippen molar-refractivity contribution in [2.75, 3.05) is 5.48 Å². The van der Waals surface area contributed by atoms with E-state index in [0.29, 0.717) is 15.1 Å². The minimum Gasteiger partial charge on any atom is -0.291 e. The Morgan fingerprint density at radius 2 is 2.27 bits per heavy atom. The van der Waals surface area contributed by atoms with Gasteiger partial charge < -0.3 is 0 Å². The molecule has 15 heavy (non-hydrogen) atoms. The molecule has 0 amide bonds. The van der Waals surface area contributed by atoms with Gasteiger partial charge in [0.1, 0.15) is 5.82 Å². The Morgan fingerprint density at radius 3 is 2.80 bits per heavy atom. The molecule has 1 rings (SSSR count). The first-order valence-corrected chi connectivity index (χ1v) is 5.15. The zero-order valence-electron chi connectivity index (χ0n) is 7.60. The van der Waals surface area contributed by atoms with Gasteiger partial charge in [0.05, 0.1) is 10.7 Å². The molecule has 0 saturated carbocycles. The van der Waals surface area contributed by atoms with Crippen molar-refractivity contribution in [1.82, 2.24) is 0 Å². The molecule has 1 aromatic carbocycles. The normalized spacial score (nSPS) is 11.3. The van der Waals surface area contributed by atoms with Crippen LogP contribution in [-0.4, -0.2) is 5.21 Å². The molecule has 0 aliphatic carbocycles. The first-order chi connectivity index (χ1) is 7.10. The lowest BCUT2D eigenvalue weighted by Crippen LogP contribution is -1.96. The van der Waals surface area contributed by atoms with Crippen LogP contribution in [0.25, 0.3) is 5.03 Å². The molecule has 0 aliphatic heterocycles. The summed E-state index contributed by atoms with van der Waals surface area (Å²) in [5.74, 6) is -0.481. The molecule has 0 fully saturated rings. The topological polar surface area (TPSA) is 32.3 Å². The number of rotatable bonds is 3. The molecule has 0 spiro atoms. The number of nitrogens with one attached hydrogen (secondary N) is 1. The Kier molecular flexibility index (Phi) is 4.32. The molecule has 2 nitrogen and oxygen atoms in total. The van der Waals surface area contributed by atoms with Crippen LogP contribution in [0.2, 0.25) is 0 Å². The van der Waals surface area contributed by atoms with E-state index in [1.54, 1.807) is 6.08 Å². The minimum absolute atomic E-state index is 0.185. The average molecular weight is 293 g/mol. The Hall–Kier alpha value is -0.840. The highest BCUT2D eigenvalue weighted by molar-refractivity contribution is 9.10. The van der Waals surface area contributed by atoms with Crippen LogP contribution < -0.4 is 5.48 Å². The lowest BCUT2D eigenvalue weighted by Gasteiger charge is -2.09. The summed E-state index contributed by atoms with van der Waals surface area (Å²) in [5.41, 5.74) is 2.54. The van der Waals surface area contributed by atoms with Gasteiger partial charge in [-0.25, -0.2) is 4.39 Å². The number of allylic oxidation sites excluding steroid dienone is 2. The smallest absolute Gasteiger partial charge is 0.126 e. The third-order valence-electron chi connectivity index (χ3n) is 1.68. The van der Waals surface area contributed by atoms with Gasteiger partial charge in [0.25, 0.3) is 0 Å². The standard InChI is InChI=1S/C10H8BrClFNO/c1-2-3-8(12)10-7(11)4-6(13)5-9(10)14-15/h2-5,14-15H,1H2. The van der Waals surface area contributed by atoms with Crippen molar-refractivity contribution < 1.29 is 9.60 Å². The Balaban J connectivity index is 3.38. The fourth-order valence-electron chi connectivity index (χ4n) is 1.09. The van der Waals surface area contributed by atoms with E-state index in [9.17, 15) is 4.39 Å².